The van der Waals surface area contributed by atoms with Crippen LogP contribution in [0.4, 0.5) is 4.39 Å². The molecule has 0 amide bonds. The number of benzene rings is 1. The first kappa shape index (κ1) is 26.1. The molecule has 36 heavy (non-hydrogen) atoms. The average molecular weight is 494 g/mol. The van der Waals surface area contributed by atoms with Gasteiger partial charge in [0.15, 0.2) is 5.78 Å². The fraction of sp³-hybridized carbons (Fsp3) is 0.586. The van der Waals surface area contributed by atoms with Gasteiger partial charge in [-0.3, -0.25) is 14.3 Å². The number of halogens is 1. The third kappa shape index (κ3) is 4.83. The van der Waals surface area contributed by atoms with E-state index in [9.17, 15) is 19.2 Å². The number of ether oxygens (including phenoxy) is 1. The summed E-state index contributed by atoms with van der Waals surface area (Å²) >= 11 is 0. The molecule has 1 saturated heterocycles. The Bertz CT molecular complexity index is 1200. The molecular weight excluding hydrogens is 457 g/mol. The quantitative estimate of drug-likeness (QED) is 0.390. The second-order valence-electron chi connectivity index (χ2n) is 11.2. The molecule has 0 N–H and O–H groups in total. The number of ketones is 1. The average Bonchev–Trinajstić information content (AvgIpc) is 3.44. The molecular formula is C29H36FN3O3. The van der Waals surface area contributed by atoms with Crippen molar-refractivity contribution in [2.24, 2.45) is 18.9 Å². The van der Waals surface area contributed by atoms with Crippen LogP contribution >= 0.6 is 0 Å². The van der Waals surface area contributed by atoms with Gasteiger partial charge in [0.05, 0.1) is 17.2 Å². The number of aryl methyl sites for hydroxylation is 3. The highest BCUT2D eigenvalue weighted by Crippen LogP contribution is 2.45. The molecule has 2 atom stereocenters. The zero-order valence-electron chi connectivity index (χ0n) is 22.0. The van der Waals surface area contributed by atoms with Crippen LogP contribution in [-0.4, -0.2) is 27.1 Å². The summed E-state index contributed by atoms with van der Waals surface area (Å²) in [7, 11) is 1.86. The summed E-state index contributed by atoms with van der Waals surface area (Å²) in [5.74, 6) is -1.61. The van der Waals surface area contributed by atoms with Gasteiger partial charge in [-0.05, 0) is 82.9 Å². The van der Waals surface area contributed by atoms with E-state index in [-0.39, 0.29) is 18.1 Å². The predicted molar refractivity (Wildman–Crippen MR) is 134 cm³/mol. The SMILES string of the molecule is Cc1nn(C)c(C)c1CC1C(=O)CC(CCc2ccc(C(C)(C)C#N)c(F)c2)(C2CCCC2)OC1=O. The van der Waals surface area contributed by atoms with Crippen LogP contribution in [0, 0.1) is 42.8 Å². The van der Waals surface area contributed by atoms with Crippen LogP contribution in [0.25, 0.3) is 0 Å². The van der Waals surface area contributed by atoms with E-state index >= 15 is 0 Å². The van der Waals surface area contributed by atoms with Gasteiger partial charge < -0.3 is 4.74 Å². The van der Waals surface area contributed by atoms with Gasteiger partial charge >= 0.3 is 5.97 Å². The Hall–Kier alpha value is -3.01. The second kappa shape index (κ2) is 9.80. The van der Waals surface area contributed by atoms with Gasteiger partial charge in [0, 0.05) is 24.7 Å². The van der Waals surface area contributed by atoms with Crippen molar-refractivity contribution in [3.05, 3.63) is 52.1 Å². The lowest BCUT2D eigenvalue weighted by Gasteiger charge is -2.43. The molecule has 0 bridgehead atoms. The van der Waals surface area contributed by atoms with E-state index in [0.29, 0.717) is 24.8 Å². The Kier molecular flexibility index (Phi) is 7.10. The predicted octanol–water partition coefficient (Wildman–Crippen LogP) is 5.21. The maximum atomic E-state index is 14.8. The molecule has 1 saturated carbocycles. The third-order valence-electron chi connectivity index (χ3n) is 8.44. The molecule has 2 fully saturated rings. The summed E-state index contributed by atoms with van der Waals surface area (Å²) in [5, 5.41) is 13.8. The highest BCUT2D eigenvalue weighted by atomic mass is 19.1. The van der Waals surface area contributed by atoms with Crippen LogP contribution < -0.4 is 0 Å². The lowest BCUT2D eigenvalue weighted by atomic mass is 9.73. The highest BCUT2D eigenvalue weighted by molar-refractivity contribution is 6.02. The first-order valence-corrected chi connectivity index (χ1v) is 12.9. The maximum Gasteiger partial charge on any atom is 0.317 e. The number of nitrogens with zero attached hydrogens (tertiary/aromatic N) is 3. The van der Waals surface area contributed by atoms with Gasteiger partial charge in [-0.1, -0.05) is 25.0 Å². The number of hydrogen-bond acceptors (Lipinski definition) is 5. The lowest BCUT2D eigenvalue weighted by Crippen LogP contribution is -2.52. The molecule has 7 heteroatoms. The summed E-state index contributed by atoms with van der Waals surface area (Å²) in [4.78, 5) is 26.7. The van der Waals surface area contributed by atoms with Crippen molar-refractivity contribution >= 4 is 11.8 Å². The van der Waals surface area contributed by atoms with Crippen molar-refractivity contribution in [3.63, 3.8) is 0 Å². The van der Waals surface area contributed by atoms with Crippen LogP contribution in [0.2, 0.25) is 0 Å². The fourth-order valence-electron chi connectivity index (χ4n) is 6.03. The van der Waals surface area contributed by atoms with E-state index in [2.05, 4.69) is 11.2 Å². The minimum absolute atomic E-state index is 0.0712. The number of Topliss-reactive ketones (excluding diaryl/α,β-unsaturated/α-hetero) is 1. The molecule has 2 heterocycles. The van der Waals surface area contributed by atoms with Gasteiger partial charge in [-0.2, -0.15) is 10.4 Å². The van der Waals surface area contributed by atoms with Gasteiger partial charge in [-0.15, -0.1) is 0 Å². The number of aromatic nitrogens is 2. The van der Waals surface area contributed by atoms with E-state index < -0.39 is 28.7 Å². The highest BCUT2D eigenvalue weighted by Gasteiger charge is 2.51. The molecule has 1 aromatic heterocycles. The van der Waals surface area contributed by atoms with Crippen LogP contribution in [0.15, 0.2) is 18.2 Å². The number of carbonyl (C=O) groups is 2. The largest absolute Gasteiger partial charge is 0.458 e. The Morgan fingerprint density at radius 2 is 1.94 bits per heavy atom. The second-order valence-corrected chi connectivity index (χ2v) is 11.2. The van der Waals surface area contributed by atoms with Crippen molar-refractivity contribution in [1.82, 2.24) is 9.78 Å². The number of rotatable bonds is 7. The first-order chi connectivity index (χ1) is 17.0. The molecule has 2 aromatic rings. The van der Waals surface area contributed by atoms with Crippen LogP contribution in [0.3, 0.4) is 0 Å². The minimum atomic E-state index is -0.918. The number of esters is 1. The summed E-state index contributed by atoms with van der Waals surface area (Å²) in [6.45, 7) is 7.22. The van der Waals surface area contributed by atoms with E-state index in [1.807, 2.05) is 27.0 Å². The smallest absolute Gasteiger partial charge is 0.317 e. The van der Waals surface area contributed by atoms with Crippen LogP contribution in [0.1, 0.15) is 80.5 Å². The first-order valence-electron chi connectivity index (χ1n) is 12.9. The summed E-state index contributed by atoms with van der Waals surface area (Å²) in [6, 6.07) is 7.12. The topological polar surface area (TPSA) is 85.0 Å². The van der Waals surface area contributed by atoms with Crippen molar-refractivity contribution in [2.45, 2.75) is 90.1 Å². The molecule has 1 aromatic carbocycles. The van der Waals surface area contributed by atoms with Crippen LogP contribution in [-0.2, 0) is 39.6 Å². The Morgan fingerprint density at radius 3 is 2.50 bits per heavy atom. The van der Waals surface area contributed by atoms with E-state index in [0.717, 1.165) is 48.2 Å². The zero-order valence-corrected chi connectivity index (χ0v) is 22.0. The monoisotopic (exact) mass is 493 g/mol. The van der Waals surface area contributed by atoms with Gasteiger partial charge in [-0.25, -0.2) is 4.39 Å². The number of carbonyl (C=O) groups excluding carboxylic acids is 2. The van der Waals surface area contributed by atoms with Gasteiger partial charge in [0.25, 0.3) is 0 Å². The van der Waals surface area contributed by atoms with Crippen molar-refractivity contribution in [2.75, 3.05) is 0 Å². The normalized spacial score (nSPS) is 23.1. The molecule has 1 aliphatic carbocycles. The number of hydrogen-bond donors (Lipinski definition) is 0. The number of nitriles is 1. The van der Waals surface area contributed by atoms with Gasteiger partial charge in [0.1, 0.15) is 17.3 Å². The molecule has 2 aliphatic rings. The Balaban J connectivity index is 1.55. The molecule has 192 valence electrons. The standard InChI is InChI=1S/C29H36FN3O3/c1-18-22(19(2)33(5)32-18)15-23-26(34)16-29(36-27(23)35,21-8-6-7-9-21)13-12-20-10-11-24(25(30)14-20)28(3,4)17-31/h10-11,14,21,23H,6-9,12-13,15-16H2,1-5H3. The molecule has 4 rings (SSSR count). The van der Waals surface area contributed by atoms with Crippen LogP contribution in [0.5, 0.6) is 0 Å². The molecule has 2 unspecified atom stereocenters. The Labute approximate surface area is 212 Å². The van der Waals surface area contributed by atoms with Gasteiger partial charge in [0.2, 0.25) is 0 Å². The Morgan fingerprint density at radius 1 is 1.25 bits per heavy atom. The third-order valence-corrected chi connectivity index (χ3v) is 8.44. The number of cyclic esters (lactones) is 1. The molecule has 0 radical (unpaired) electrons. The summed E-state index contributed by atoms with van der Waals surface area (Å²) in [5.41, 5.74) is 2.08. The van der Waals surface area contributed by atoms with E-state index in [4.69, 9.17) is 4.74 Å². The van der Waals surface area contributed by atoms with Crippen molar-refractivity contribution in [1.29, 1.82) is 5.26 Å². The minimum Gasteiger partial charge on any atom is -0.458 e. The van der Waals surface area contributed by atoms with E-state index in [1.54, 1.807) is 24.6 Å². The fourth-order valence-corrected chi connectivity index (χ4v) is 6.03. The molecule has 6 nitrogen and oxygen atoms in total. The maximum absolute atomic E-state index is 14.8. The van der Waals surface area contributed by atoms with E-state index in [1.165, 1.54) is 6.07 Å². The summed E-state index contributed by atoms with van der Waals surface area (Å²) in [6.07, 6.45) is 5.45. The van der Waals surface area contributed by atoms with Crippen molar-refractivity contribution in [3.8, 4) is 6.07 Å². The molecule has 0 spiro atoms. The molecule has 1 aliphatic heterocycles. The lowest BCUT2D eigenvalue weighted by molar-refractivity contribution is -0.185. The van der Waals surface area contributed by atoms with Crippen molar-refractivity contribution < 1.29 is 18.7 Å². The zero-order chi connectivity index (χ0) is 26.3. The summed E-state index contributed by atoms with van der Waals surface area (Å²) < 4.78 is 22.8.